The van der Waals surface area contributed by atoms with Gasteiger partial charge in [-0.1, -0.05) is 50.2 Å². The Balaban J connectivity index is 0.00000142. The normalized spacial score (nSPS) is 24.0. The van der Waals surface area contributed by atoms with E-state index in [1.54, 1.807) is 6.20 Å². The third-order valence-electron chi connectivity index (χ3n) is 10.6. The smallest absolute Gasteiger partial charge is 0.319 e. The van der Waals surface area contributed by atoms with Gasteiger partial charge in [0.05, 0.1) is 10.9 Å². The molecule has 2 aromatic heterocycles. The van der Waals surface area contributed by atoms with Crippen LogP contribution in [0.4, 0.5) is 10.2 Å². The summed E-state index contributed by atoms with van der Waals surface area (Å²) < 4.78 is 23.3. The second-order valence-electron chi connectivity index (χ2n) is 13.3. The molecule has 2 unspecified atom stereocenters. The molecule has 9 rings (SSSR count). The van der Waals surface area contributed by atoms with Gasteiger partial charge in [0.2, 0.25) is 0 Å². The molecule has 1 N–H and O–H groups in total. The molecule has 2 aromatic carbocycles. The van der Waals surface area contributed by atoms with Crippen LogP contribution in [0.25, 0.3) is 32.9 Å². The first-order valence-corrected chi connectivity index (χ1v) is 16.9. The standard InChI is InChI=1S/C34H37FN6O.C2H6/c35-29-30(26-8-2-6-22-5-1-7-25(28(22)26)21-9-10-21)36-17-27-31(29)38-33(42-20-34-13-3-15-41(34)16-4-14-34)39-32(27)40-18-23-11-12-24(19-40)37-23;1-2/h1-2,5-8,17,21,23-24,37H,3-4,9-16,18-20H2;1-2H3. The molecule has 0 spiro atoms. The number of ether oxygens (including phenoxy) is 1. The largest absolute Gasteiger partial charge is 0.461 e. The van der Waals surface area contributed by atoms with E-state index in [0.29, 0.717) is 41.2 Å². The van der Waals surface area contributed by atoms with Crippen molar-refractivity contribution in [3.63, 3.8) is 0 Å². The van der Waals surface area contributed by atoms with Crippen LogP contribution in [0.3, 0.4) is 0 Å². The first kappa shape index (κ1) is 28.1. The highest BCUT2D eigenvalue weighted by Crippen LogP contribution is 2.46. The molecular formula is C36H43FN6O. The van der Waals surface area contributed by atoms with Gasteiger partial charge in [0, 0.05) is 36.9 Å². The molecule has 5 fully saturated rings. The van der Waals surface area contributed by atoms with Crippen LogP contribution in [-0.2, 0) is 0 Å². The van der Waals surface area contributed by atoms with Gasteiger partial charge in [-0.15, -0.1) is 0 Å². The Kier molecular flexibility index (Phi) is 7.17. The number of nitrogens with zero attached hydrogens (tertiary/aromatic N) is 5. The third-order valence-corrected chi connectivity index (χ3v) is 10.6. The number of aromatic nitrogens is 3. The Morgan fingerprint density at radius 2 is 1.68 bits per heavy atom. The number of hydrogen-bond donors (Lipinski definition) is 1. The highest BCUT2D eigenvalue weighted by atomic mass is 19.1. The van der Waals surface area contributed by atoms with Crippen LogP contribution in [0.15, 0.2) is 42.6 Å². The van der Waals surface area contributed by atoms with Gasteiger partial charge in [-0.05, 0) is 86.7 Å². The van der Waals surface area contributed by atoms with Crippen molar-refractivity contribution in [1.82, 2.24) is 25.2 Å². The van der Waals surface area contributed by atoms with Gasteiger partial charge in [0.25, 0.3) is 0 Å². The Hall–Kier alpha value is -3.36. The monoisotopic (exact) mass is 594 g/mol. The fourth-order valence-electron chi connectivity index (χ4n) is 8.45. The van der Waals surface area contributed by atoms with Crippen molar-refractivity contribution < 1.29 is 9.13 Å². The van der Waals surface area contributed by atoms with E-state index in [-0.39, 0.29) is 11.5 Å². The quantitative estimate of drug-likeness (QED) is 0.262. The highest BCUT2D eigenvalue weighted by molar-refractivity contribution is 6.01. The van der Waals surface area contributed by atoms with Crippen molar-refractivity contribution in [3.05, 3.63) is 54.0 Å². The number of nitrogens with one attached hydrogen (secondary N) is 1. The second-order valence-corrected chi connectivity index (χ2v) is 13.3. The van der Waals surface area contributed by atoms with Crippen molar-refractivity contribution in [2.45, 2.75) is 88.8 Å². The summed E-state index contributed by atoms with van der Waals surface area (Å²) in [5.41, 5.74) is 2.86. The molecule has 4 aromatic rings. The molecule has 6 heterocycles. The summed E-state index contributed by atoms with van der Waals surface area (Å²) in [5, 5.41) is 6.60. The van der Waals surface area contributed by atoms with Gasteiger partial charge in [0.1, 0.15) is 23.6 Å². The van der Waals surface area contributed by atoms with Crippen LogP contribution >= 0.6 is 0 Å². The van der Waals surface area contributed by atoms with Crippen LogP contribution in [-0.4, -0.2) is 70.3 Å². The van der Waals surface area contributed by atoms with Gasteiger partial charge in [-0.25, -0.2) is 4.39 Å². The molecule has 1 saturated carbocycles. The van der Waals surface area contributed by atoms with E-state index in [4.69, 9.17) is 19.7 Å². The molecule has 4 saturated heterocycles. The number of benzene rings is 2. The van der Waals surface area contributed by atoms with Gasteiger partial charge < -0.3 is 15.0 Å². The lowest BCUT2D eigenvalue weighted by atomic mass is 9.94. The molecule has 4 aliphatic heterocycles. The Bertz CT molecular complexity index is 1680. The Morgan fingerprint density at radius 3 is 2.41 bits per heavy atom. The molecule has 2 atom stereocenters. The lowest BCUT2D eigenvalue weighted by Gasteiger charge is -2.34. The fraction of sp³-hybridized carbons (Fsp3) is 0.528. The van der Waals surface area contributed by atoms with Gasteiger partial charge in [-0.3, -0.25) is 9.88 Å². The minimum Gasteiger partial charge on any atom is -0.461 e. The summed E-state index contributed by atoms with van der Waals surface area (Å²) in [7, 11) is 0. The summed E-state index contributed by atoms with van der Waals surface area (Å²) in [6.45, 7) is 8.51. The van der Waals surface area contributed by atoms with E-state index in [0.717, 1.165) is 74.0 Å². The van der Waals surface area contributed by atoms with Crippen molar-refractivity contribution in [1.29, 1.82) is 0 Å². The van der Waals surface area contributed by atoms with Crippen LogP contribution in [0.5, 0.6) is 6.01 Å². The first-order chi connectivity index (χ1) is 21.6. The summed E-state index contributed by atoms with van der Waals surface area (Å²) in [6, 6.07) is 13.7. The number of hydrogen-bond acceptors (Lipinski definition) is 7. The topological polar surface area (TPSA) is 66.4 Å². The summed E-state index contributed by atoms with van der Waals surface area (Å²) >= 11 is 0. The number of halogens is 1. The fourth-order valence-corrected chi connectivity index (χ4v) is 8.45. The van der Waals surface area contributed by atoms with Gasteiger partial charge in [-0.2, -0.15) is 9.97 Å². The van der Waals surface area contributed by atoms with Crippen LogP contribution in [0.1, 0.15) is 76.7 Å². The SMILES string of the molecule is CC.Fc1c(-c2cccc3cccc(C4CC4)c23)ncc2c(N3CC4CCC(C3)N4)nc(OCC34CCCN3CCC4)nc12. The van der Waals surface area contributed by atoms with Crippen molar-refractivity contribution >= 4 is 27.5 Å². The van der Waals surface area contributed by atoms with E-state index in [9.17, 15) is 0 Å². The zero-order valence-electron chi connectivity index (χ0n) is 26.0. The summed E-state index contributed by atoms with van der Waals surface area (Å²) in [4.78, 5) is 19.4. The third kappa shape index (κ3) is 4.72. The number of pyridine rings is 1. The van der Waals surface area contributed by atoms with Crippen LogP contribution < -0.4 is 15.0 Å². The van der Waals surface area contributed by atoms with E-state index < -0.39 is 5.82 Å². The molecule has 8 heteroatoms. The predicted molar refractivity (Wildman–Crippen MR) is 174 cm³/mol. The average molecular weight is 595 g/mol. The zero-order chi connectivity index (χ0) is 29.8. The molecule has 44 heavy (non-hydrogen) atoms. The number of rotatable bonds is 6. The molecule has 0 amide bonds. The summed E-state index contributed by atoms with van der Waals surface area (Å²) in [5.74, 6) is 0.898. The average Bonchev–Trinajstić information content (AvgIpc) is 3.59. The second kappa shape index (κ2) is 11.2. The first-order valence-electron chi connectivity index (χ1n) is 16.9. The summed E-state index contributed by atoms with van der Waals surface area (Å²) in [6.07, 6.45) is 11.2. The van der Waals surface area contributed by atoms with E-state index in [1.165, 1.54) is 31.2 Å². The molecule has 1 aliphatic carbocycles. The van der Waals surface area contributed by atoms with Gasteiger partial charge in [0.15, 0.2) is 5.82 Å². The molecule has 2 bridgehead atoms. The van der Waals surface area contributed by atoms with Crippen molar-refractivity contribution in [2.24, 2.45) is 0 Å². The van der Waals surface area contributed by atoms with Crippen LogP contribution in [0.2, 0.25) is 0 Å². The minimum atomic E-state index is -0.390. The molecule has 7 nitrogen and oxygen atoms in total. The molecule has 0 radical (unpaired) electrons. The Morgan fingerprint density at radius 1 is 0.955 bits per heavy atom. The number of piperazine rings is 1. The van der Waals surface area contributed by atoms with Crippen molar-refractivity contribution in [2.75, 3.05) is 37.7 Å². The van der Waals surface area contributed by atoms with Gasteiger partial charge >= 0.3 is 6.01 Å². The Labute approximate surface area is 259 Å². The molecule has 5 aliphatic rings. The maximum atomic E-state index is 16.8. The maximum absolute atomic E-state index is 16.8. The molecular weight excluding hydrogens is 551 g/mol. The number of fused-ring (bicyclic) bond motifs is 5. The number of anilines is 1. The highest BCUT2D eigenvalue weighted by Gasteiger charge is 2.45. The lowest BCUT2D eigenvalue weighted by molar-refractivity contribution is 0.108. The van der Waals surface area contributed by atoms with E-state index >= 15 is 4.39 Å². The van der Waals surface area contributed by atoms with Crippen LogP contribution in [0, 0.1) is 5.82 Å². The minimum absolute atomic E-state index is 0.0662. The zero-order valence-corrected chi connectivity index (χ0v) is 26.0. The van der Waals surface area contributed by atoms with Crippen molar-refractivity contribution in [3.8, 4) is 17.3 Å². The lowest BCUT2D eigenvalue weighted by Crippen LogP contribution is -2.51. The van der Waals surface area contributed by atoms with E-state index in [2.05, 4.69) is 39.4 Å². The van der Waals surface area contributed by atoms with E-state index in [1.807, 2.05) is 26.0 Å². The predicted octanol–water partition coefficient (Wildman–Crippen LogP) is 6.84. The molecule has 230 valence electrons. The maximum Gasteiger partial charge on any atom is 0.319 e.